The molecule has 0 saturated heterocycles. The average Bonchev–Trinajstić information content (AvgIpc) is 2.61. The van der Waals surface area contributed by atoms with Gasteiger partial charge in [-0.3, -0.25) is 19.7 Å². The summed E-state index contributed by atoms with van der Waals surface area (Å²) < 4.78 is 10.3. The Morgan fingerprint density at radius 2 is 1.96 bits per heavy atom. The van der Waals surface area contributed by atoms with Crippen LogP contribution in [-0.2, 0) is 4.79 Å². The first kappa shape index (κ1) is 18.7. The van der Waals surface area contributed by atoms with E-state index in [-0.39, 0.29) is 22.7 Å². The van der Waals surface area contributed by atoms with Gasteiger partial charge in [-0.25, -0.2) is 0 Å². The number of benzene rings is 2. The number of hydrogen-bond acceptors (Lipinski definition) is 6. The molecule has 2 aromatic carbocycles. The fraction of sp³-hybridized carbons (Fsp3) is 0.176. The molecule has 9 nitrogen and oxygen atoms in total. The highest BCUT2D eigenvalue weighted by Crippen LogP contribution is 2.26. The minimum Gasteiger partial charge on any atom is -0.497 e. The molecule has 9 heteroatoms. The molecule has 0 spiro atoms. The molecule has 2 aromatic rings. The number of rotatable bonds is 7. The van der Waals surface area contributed by atoms with Crippen LogP contribution < -0.4 is 20.5 Å². The zero-order valence-corrected chi connectivity index (χ0v) is 14.1. The Hall–Kier alpha value is -3.62. The summed E-state index contributed by atoms with van der Waals surface area (Å²) in [6.07, 6.45) is 0. The number of anilines is 1. The number of aryl methyl sites for hydroxylation is 1. The first-order valence-electron chi connectivity index (χ1n) is 7.47. The molecule has 0 radical (unpaired) electrons. The second-order valence-corrected chi connectivity index (χ2v) is 5.34. The lowest BCUT2D eigenvalue weighted by molar-refractivity contribution is -0.384. The Kier molecular flexibility index (Phi) is 5.74. The minimum absolute atomic E-state index is 0.0541. The fourth-order valence-corrected chi connectivity index (χ4v) is 2.18. The molecule has 2 amide bonds. The Balaban J connectivity index is 2.11. The topological polar surface area (TPSA) is 134 Å². The number of methoxy groups -OCH3 is 1. The maximum atomic E-state index is 12.1. The monoisotopic (exact) mass is 359 g/mol. The molecule has 3 N–H and O–H groups in total. The molecule has 136 valence electrons. The van der Waals surface area contributed by atoms with E-state index in [2.05, 4.69) is 5.32 Å². The molecule has 0 aliphatic rings. The molecule has 0 aliphatic carbocycles. The number of nitrogens with zero attached hydrogens (tertiary/aromatic N) is 1. The number of nitro benzene ring substituents is 1. The van der Waals surface area contributed by atoms with Gasteiger partial charge >= 0.3 is 0 Å². The van der Waals surface area contributed by atoms with Crippen molar-refractivity contribution in [2.75, 3.05) is 19.0 Å². The van der Waals surface area contributed by atoms with Crippen LogP contribution in [0.1, 0.15) is 15.9 Å². The van der Waals surface area contributed by atoms with Crippen LogP contribution in [-0.4, -0.2) is 30.5 Å². The van der Waals surface area contributed by atoms with Crippen molar-refractivity contribution in [3.63, 3.8) is 0 Å². The van der Waals surface area contributed by atoms with E-state index >= 15 is 0 Å². The number of amides is 2. The highest BCUT2D eigenvalue weighted by atomic mass is 16.6. The first-order chi connectivity index (χ1) is 12.3. The first-order valence-corrected chi connectivity index (χ1v) is 7.47. The summed E-state index contributed by atoms with van der Waals surface area (Å²) in [4.78, 5) is 34.0. The van der Waals surface area contributed by atoms with E-state index in [1.807, 2.05) is 0 Å². The second-order valence-electron chi connectivity index (χ2n) is 5.34. The van der Waals surface area contributed by atoms with Gasteiger partial charge in [0, 0.05) is 6.07 Å². The molecule has 0 aromatic heterocycles. The highest BCUT2D eigenvalue weighted by Gasteiger charge is 2.17. The maximum absolute atomic E-state index is 12.1. The molecule has 2 rings (SSSR count). The van der Waals surface area contributed by atoms with Gasteiger partial charge in [0.1, 0.15) is 17.2 Å². The van der Waals surface area contributed by atoms with Gasteiger partial charge in [0.05, 0.1) is 17.6 Å². The minimum atomic E-state index is -0.742. The van der Waals surface area contributed by atoms with E-state index in [9.17, 15) is 19.7 Å². The number of nitrogens with one attached hydrogen (secondary N) is 1. The van der Waals surface area contributed by atoms with Crippen LogP contribution in [0.2, 0.25) is 0 Å². The van der Waals surface area contributed by atoms with Crippen molar-refractivity contribution in [2.24, 2.45) is 5.73 Å². The van der Waals surface area contributed by atoms with Gasteiger partial charge < -0.3 is 20.5 Å². The predicted molar refractivity (Wildman–Crippen MR) is 93.5 cm³/mol. The maximum Gasteiger partial charge on any atom is 0.293 e. The quantitative estimate of drug-likeness (QED) is 0.574. The number of ether oxygens (including phenoxy) is 2. The largest absolute Gasteiger partial charge is 0.497 e. The number of nitro groups is 1. The van der Waals surface area contributed by atoms with Crippen molar-refractivity contribution in [2.45, 2.75) is 6.92 Å². The standard InChI is InChI=1S/C17H17N3O6/c1-10-3-5-13(14(7-10)20(23)24)19-16(21)9-26-15-6-4-11(25-2)8-12(15)17(18)22/h3-8H,9H2,1-2H3,(H2,18,22)(H,19,21). The van der Waals surface area contributed by atoms with Gasteiger partial charge in [0.15, 0.2) is 6.61 Å². The number of carbonyl (C=O) groups excluding carboxylic acids is 2. The van der Waals surface area contributed by atoms with Gasteiger partial charge in [-0.2, -0.15) is 0 Å². The van der Waals surface area contributed by atoms with Gasteiger partial charge in [-0.15, -0.1) is 0 Å². The lowest BCUT2D eigenvalue weighted by Crippen LogP contribution is -2.22. The summed E-state index contributed by atoms with van der Waals surface area (Å²) in [7, 11) is 1.43. The molecule has 0 aliphatic heterocycles. The van der Waals surface area contributed by atoms with Crippen LogP contribution in [0.25, 0.3) is 0 Å². The van der Waals surface area contributed by atoms with Crippen LogP contribution in [0.4, 0.5) is 11.4 Å². The average molecular weight is 359 g/mol. The van der Waals surface area contributed by atoms with E-state index in [1.54, 1.807) is 19.1 Å². The Bertz CT molecular complexity index is 866. The highest BCUT2D eigenvalue weighted by molar-refractivity contribution is 5.97. The third kappa shape index (κ3) is 4.47. The van der Waals surface area contributed by atoms with Gasteiger partial charge in [-0.05, 0) is 36.8 Å². The van der Waals surface area contributed by atoms with Crippen LogP contribution >= 0.6 is 0 Å². The van der Waals surface area contributed by atoms with E-state index in [1.165, 1.54) is 31.4 Å². The molecule has 0 saturated carbocycles. The Morgan fingerprint density at radius 1 is 1.23 bits per heavy atom. The Labute approximate surface area is 148 Å². The summed E-state index contributed by atoms with van der Waals surface area (Å²) in [6, 6.07) is 8.81. The summed E-state index contributed by atoms with van der Waals surface area (Å²) >= 11 is 0. The van der Waals surface area contributed by atoms with E-state index in [4.69, 9.17) is 15.2 Å². The fourth-order valence-electron chi connectivity index (χ4n) is 2.18. The van der Waals surface area contributed by atoms with Crippen molar-refractivity contribution in [1.29, 1.82) is 0 Å². The zero-order valence-electron chi connectivity index (χ0n) is 14.1. The number of carbonyl (C=O) groups is 2. The second kappa shape index (κ2) is 7.97. The number of nitrogens with two attached hydrogens (primary N) is 1. The summed E-state index contributed by atoms with van der Waals surface area (Å²) in [5, 5.41) is 13.5. The normalized spacial score (nSPS) is 10.1. The molecular weight excluding hydrogens is 342 g/mol. The molecule has 0 bridgehead atoms. The SMILES string of the molecule is COc1ccc(OCC(=O)Nc2ccc(C)cc2[N+](=O)[O-])c(C(N)=O)c1. The van der Waals surface area contributed by atoms with Crippen molar-refractivity contribution in [3.8, 4) is 11.5 Å². The van der Waals surface area contributed by atoms with Crippen molar-refractivity contribution < 1.29 is 24.0 Å². The number of hydrogen-bond donors (Lipinski definition) is 2. The summed E-state index contributed by atoms with van der Waals surface area (Å²) in [6.45, 7) is 1.24. The van der Waals surface area contributed by atoms with Gasteiger partial charge in [0.2, 0.25) is 0 Å². The molecule has 0 fully saturated rings. The van der Waals surface area contributed by atoms with Gasteiger partial charge in [-0.1, -0.05) is 6.07 Å². The van der Waals surface area contributed by atoms with Gasteiger partial charge in [0.25, 0.3) is 17.5 Å². The molecule has 0 atom stereocenters. The molecule has 0 unspecified atom stereocenters. The van der Waals surface area contributed by atoms with Crippen LogP contribution in [0.15, 0.2) is 36.4 Å². The molecule has 26 heavy (non-hydrogen) atoms. The third-order valence-corrected chi connectivity index (χ3v) is 3.43. The summed E-state index contributed by atoms with van der Waals surface area (Å²) in [5.41, 5.74) is 5.86. The molecule has 0 heterocycles. The van der Waals surface area contributed by atoms with Crippen molar-refractivity contribution >= 4 is 23.2 Å². The number of primary amides is 1. The van der Waals surface area contributed by atoms with E-state index in [0.29, 0.717) is 11.3 Å². The van der Waals surface area contributed by atoms with Crippen LogP contribution in [0.3, 0.4) is 0 Å². The van der Waals surface area contributed by atoms with E-state index in [0.717, 1.165) is 0 Å². The van der Waals surface area contributed by atoms with Crippen LogP contribution in [0, 0.1) is 17.0 Å². The zero-order chi connectivity index (χ0) is 19.3. The third-order valence-electron chi connectivity index (χ3n) is 3.43. The summed E-state index contributed by atoms with van der Waals surface area (Å²) in [5.74, 6) is -0.852. The van der Waals surface area contributed by atoms with Crippen molar-refractivity contribution in [1.82, 2.24) is 0 Å². The van der Waals surface area contributed by atoms with E-state index < -0.39 is 23.3 Å². The lowest BCUT2D eigenvalue weighted by Gasteiger charge is -2.11. The molecular formula is C17H17N3O6. The lowest BCUT2D eigenvalue weighted by atomic mass is 10.2. The Morgan fingerprint density at radius 3 is 2.58 bits per heavy atom. The predicted octanol–water partition coefficient (Wildman–Crippen LogP) is 2.03. The van der Waals surface area contributed by atoms with Crippen molar-refractivity contribution in [3.05, 3.63) is 57.6 Å². The van der Waals surface area contributed by atoms with Crippen LogP contribution in [0.5, 0.6) is 11.5 Å². The smallest absolute Gasteiger partial charge is 0.293 e.